The Bertz CT molecular complexity index is 768. The molecular formula is C20H28FN5O2. The summed E-state index contributed by atoms with van der Waals surface area (Å²) in [5.41, 5.74) is 1.45. The topological polar surface area (TPSA) is 92.2 Å². The minimum absolute atomic E-state index is 0.169. The van der Waals surface area contributed by atoms with Crippen molar-refractivity contribution in [3.63, 3.8) is 0 Å². The van der Waals surface area contributed by atoms with Gasteiger partial charge in [-0.1, -0.05) is 6.92 Å². The number of rotatable bonds is 8. The van der Waals surface area contributed by atoms with E-state index in [1.807, 2.05) is 6.07 Å². The van der Waals surface area contributed by atoms with E-state index in [1.54, 1.807) is 32.5 Å². The largest absolute Gasteiger partial charge is 0.497 e. The lowest BCUT2D eigenvalue weighted by Crippen LogP contribution is -2.29. The fourth-order valence-electron chi connectivity index (χ4n) is 3.21. The van der Waals surface area contributed by atoms with Gasteiger partial charge in [0.2, 0.25) is 5.95 Å². The summed E-state index contributed by atoms with van der Waals surface area (Å²) >= 11 is 0. The molecule has 0 saturated heterocycles. The highest BCUT2D eigenvalue weighted by molar-refractivity contribution is 5.73. The molecule has 7 nitrogen and oxygen atoms in total. The van der Waals surface area contributed by atoms with Gasteiger partial charge in [-0.2, -0.15) is 4.98 Å². The first-order valence-corrected chi connectivity index (χ1v) is 9.79. The molecule has 1 aliphatic rings. The summed E-state index contributed by atoms with van der Waals surface area (Å²) in [5.74, 6) is 1.72. The van der Waals surface area contributed by atoms with Gasteiger partial charge in [-0.15, -0.1) is 0 Å². The van der Waals surface area contributed by atoms with Gasteiger partial charge in [0.15, 0.2) is 0 Å². The van der Waals surface area contributed by atoms with Gasteiger partial charge in [0.25, 0.3) is 0 Å². The molecule has 152 valence electrons. The molecule has 1 fully saturated rings. The summed E-state index contributed by atoms with van der Waals surface area (Å²) in [4.78, 5) is 13.3. The molecule has 0 spiro atoms. The molecule has 2 aromatic rings. The molecule has 1 aliphatic carbocycles. The number of anilines is 2. The first-order valence-electron chi connectivity index (χ1n) is 9.79. The van der Waals surface area contributed by atoms with Crippen LogP contribution in [0.25, 0.3) is 11.3 Å². The van der Waals surface area contributed by atoms with Crippen LogP contribution in [0.4, 0.5) is 16.2 Å². The van der Waals surface area contributed by atoms with Crippen molar-refractivity contribution in [3.05, 3.63) is 24.5 Å². The smallest absolute Gasteiger partial charge is 0.224 e. The number of ether oxygens (including phenoxy) is 1. The first kappa shape index (κ1) is 20.3. The average Bonchev–Trinajstić information content (AvgIpc) is 2.73. The zero-order valence-electron chi connectivity index (χ0n) is 16.4. The summed E-state index contributed by atoms with van der Waals surface area (Å²) in [6, 6.07) is 3.82. The maximum Gasteiger partial charge on any atom is 0.224 e. The van der Waals surface area contributed by atoms with Crippen LogP contribution in [0.2, 0.25) is 0 Å². The summed E-state index contributed by atoms with van der Waals surface area (Å²) in [7, 11) is 1.61. The van der Waals surface area contributed by atoms with Crippen molar-refractivity contribution in [3.8, 4) is 17.0 Å². The molecule has 0 aromatic carbocycles. The fraction of sp³-hybridized carbons (Fsp3) is 0.550. The van der Waals surface area contributed by atoms with Gasteiger partial charge in [0.05, 0.1) is 24.5 Å². The van der Waals surface area contributed by atoms with Crippen molar-refractivity contribution in [1.29, 1.82) is 0 Å². The highest BCUT2D eigenvalue weighted by Crippen LogP contribution is 2.30. The van der Waals surface area contributed by atoms with Crippen molar-refractivity contribution in [2.75, 3.05) is 24.3 Å². The monoisotopic (exact) mass is 389 g/mol. The number of halogens is 1. The Morgan fingerprint density at radius 2 is 2.07 bits per heavy atom. The highest BCUT2D eigenvalue weighted by Gasteiger charge is 2.21. The van der Waals surface area contributed by atoms with E-state index in [2.05, 4.69) is 25.6 Å². The van der Waals surface area contributed by atoms with Crippen LogP contribution < -0.4 is 15.4 Å². The van der Waals surface area contributed by atoms with E-state index in [0.717, 1.165) is 31.2 Å². The summed E-state index contributed by atoms with van der Waals surface area (Å²) in [6.07, 6.45) is 5.89. The van der Waals surface area contributed by atoms with Gasteiger partial charge >= 0.3 is 0 Å². The second-order valence-corrected chi connectivity index (χ2v) is 7.07. The first-order chi connectivity index (χ1) is 13.6. The SMILES string of the molecule is CCC(F)CNc1ncc(-c2cc(OC)ccn2)c(NC2CCC(O)CC2)n1. The van der Waals surface area contributed by atoms with Crippen molar-refractivity contribution >= 4 is 11.8 Å². The normalized spacial score (nSPS) is 20.4. The quantitative estimate of drug-likeness (QED) is 0.637. The molecule has 0 radical (unpaired) electrons. The molecule has 2 aromatic heterocycles. The standard InChI is InChI=1S/C20H28FN5O2/c1-3-13(21)11-23-20-24-12-17(18-10-16(28-2)8-9-22-18)19(26-20)25-14-4-6-15(27)7-5-14/h8-10,12-15,27H,3-7,11H2,1-2H3,(H2,23,24,25,26). The predicted octanol–water partition coefficient (Wildman–Crippen LogP) is 3.42. The van der Waals surface area contributed by atoms with Gasteiger partial charge in [-0.05, 0) is 38.2 Å². The molecule has 0 bridgehead atoms. The summed E-state index contributed by atoms with van der Waals surface area (Å²) in [5, 5.41) is 16.2. The van der Waals surface area contributed by atoms with Crippen molar-refractivity contribution in [2.45, 2.75) is 57.3 Å². The molecule has 0 aliphatic heterocycles. The summed E-state index contributed by atoms with van der Waals surface area (Å²) in [6.45, 7) is 1.97. The zero-order chi connectivity index (χ0) is 19.9. The number of nitrogens with zero attached hydrogens (tertiary/aromatic N) is 3. The van der Waals surface area contributed by atoms with Crippen LogP contribution in [0, 0.1) is 0 Å². The molecule has 8 heteroatoms. The van der Waals surface area contributed by atoms with Crippen LogP contribution in [0.15, 0.2) is 24.5 Å². The molecule has 1 atom stereocenters. The minimum atomic E-state index is -0.945. The number of hydrogen-bond donors (Lipinski definition) is 3. The Balaban J connectivity index is 1.86. The van der Waals surface area contributed by atoms with E-state index in [-0.39, 0.29) is 18.7 Å². The molecule has 3 rings (SSSR count). The van der Waals surface area contributed by atoms with Crippen molar-refractivity contribution in [1.82, 2.24) is 15.0 Å². The van der Waals surface area contributed by atoms with E-state index in [1.165, 1.54) is 0 Å². The van der Waals surface area contributed by atoms with Crippen molar-refractivity contribution < 1.29 is 14.2 Å². The lowest BCUT2D eigenvalue weighted by molar-refractivity contribution is 0.126. The second kappa shape index (κ2) is 9.64. The van der Waals surface area contributed by atoms with E-state index >= 15 is 0 Å². The number of alkyl halides is 1. The third kappa shape index (κ3) is 5.28. The Hall–Kier alpha value is -2.48. The van der Waals surface area contributed by atoms with Crippen LogP contribution in [-0.2, 0) is 0 Å². The van der Waals surface area contributed by atoms with Gasteiger partial charge in [0.1, 0.15) is 17.7 Å². The Morgan fingerprint density at radius 1 is 1.29 bits per heavy atom. The average molecular weight is 389 g/mol. The lowest BCUT2D eigenvalue weighted by atomic mass is 9.93. The molecule has 1 unspecified atom stereocenters. The number of pyridine rings is 1. The van der Waals surface area contributed by atoms with Crippen LogP contribution in [0.5, 0.6) is 5.75 Å². The third-order valence-corrected chi connectivity index (χ3v) is 4.99. The summed E-state index contributed by atoms with van der Waals surface area (Å²) < 4.78 is 18.9. The maximum absolute atomic E-state index is 13.6. The maximum atomic E-state index is 13.6. The Labute approximate surface area is 164 Å². The number of aliphatic hydroxyl groups excluding tert-OH is 1. The number of nitrogens with one attached hydrogen (secondary N) is 2. The molecule has 28 heavy (non-hydrogen) atoms. The third-order valence-electron chi connectivity index (χ3n) is 4.99. The second-order valence-electron chi connectivity index (χ2n) is 7.07. The van der Waals surface area contributed by atoms with E-state index in [4.69, 9.17) is 4.74 Å². The minimum Gasteiger partial charge on any atom is -0.497 e. The zero-order valence-corrected chi connectivity index (χ0v) is 16.4. The van der Waals surface area contributed by atoms with Crippen LogP contribution in [0.3, 0.4) is 0 Å². The predicted molar refractivity (Wildman–Crippen MR) is 107 cm³/mol. The van der Waals surface area contributed by atoms with E-state index < -0.39 is 6.17 Å². The molecule has 2 heterocycles. The van der Waals surface area contributed by atoms with Crippen LogP contribution in [0.1, 0.15) is 39.0 Å². The van der Waals surface area contributed by atoms with E-state index in [0.29, 0.717) is 29.6 Å². The Morgan fingerprint density at radius 3 is 2.79 bits per heavy atom. The molecular weight excluding hydrogens is 361 g/mol. The van der Waals surface area contributed by atoms with Crippen LogP contribution in [-0.4, -0.2) is 52.0 Å². The van der Waals surface area contributed by atoms with Gasteiger partial charge in [-0.3, -0.25) is 4.98 Å². The van der Waals surface area contributed by atoms with Gasteiger partial charge in [0, 0.05) is 31.0 Å². The van der Waals surface area contributed by atoms with Gasteiger partial charge in [-0.25, -0.2) is 9.37 Å². The highest BCUT2D eigenvalue weighted by atomic mass is 19.1. The van der Waals surface area contributed by atoms with E-state index in [9.17, 15) is 9.50 Å². The molecule has 3 N–H and O–H groups in total. The number of methoxy groups -OCH3 is 1. The number of hydrogen-bond acceptors (Lipinski definition) is 7. The molecule has 0 amide bonds. The number of aliphatic hydroxyl groups is 1. The molecule has 1 saturated carbocycles. The van der Waals surface area contributed by atoms with Crippen molar-refractivity contribution in [2.24, 2.45) is 0 Å². The fourth-order valence-corrected chi connectivity index (χ4v) is 3.21. The van der Waals surface area contributed by atoms with Gasteiger partial charge < -0.3 is 20.5 Å². The lowest BCUT2D eigenvalue weighted by Gasteiger charge is -2.27. The van der Waals surface area contributed by atoms with Crippen LogP contribution >= 0.6 is 0 Å². The Kier molecular flexibility index (Phi) is 6.97. The number of aromatic nitrogens is 3.